The van der Waals surface area contributed by atoms with E-state index in [2.05, 4.69) is 10.6 Å². The van der Waals surface area contributed by atoms with Crippen molar-refractivity contribution >= 4 is 29.9 Å². The normalized spacial score (nSPS) is 16.5. The molecular weight excluding hydrogens is 346 g/mol. The fraction of sp³-hybridized carbons (Fsp3) is 0.529. The van der Waals surface area contributed by atoms with Crippen molar-refractivity contribution in [2.45, 2.75) is 19.4 Å². The van der Waals surface area contributed by atoms with Crippen LogP contribution in [0.25, 0.3) is 0 Å². The molecule has 1 heterocycles. The Labute approximate surface area is 154 Å². The minimum atomic E-state index is -0.120. The highest BCUT2D eigenvalue weighted by Gasteiger charge is 2.18. The van der Waals surface area contributed by atoms with Crippen molar-refractivity contribution in [3.8, 4) is 5.75 Å². The van der Waals surface area contributed by atoms with E-state index < -0.39 is 0 Å². The van der Waals surface area contributed by atoms with Gasteiger partial charge in [-0.2, -0.15) is 0 Å². The average molecular weight is 372 g/mol. The smallest absolute Gasteiger partial charge is 0.253 e. The molecule has 0 aromatic heterocycles. The predicted octanol–water partition coefficient (Wildman–Crippen LogP) is 1.53. The highest BCUT2D eigenvalue weighted by molar-refractivity contribution is 5.97. The molecule has 0 saturated carbocycles. The fourth-order valence-corrected chi connectivity index (χ4v) is 2.47. The average Bonchev–Trinajstić information content (AvgIpc) is 2.56. The number of halogens is 1. The summed E-state index contributed by atoms with van der Waals surface area (Å²) >= 11 is 0. The molecule has 0 spiro atoms. The summed E-state index contributed by atoms with van der Waals surface area (Å²) in [4.78, 5) is 25.8. The Hall–Kier alpha value is -1.83. The van der Waals surface area contributed by atoms with E-state index in [9.17, 15) is 9.59 Å². The van der Waals surface area contributed by atoms with Crippen molar-refractivity contribution in [2.75, 3.05) is 45.8 Å². The minimum Gasteiger partial charge on any atom is -0.492 e. The summed E-state index contributed by atoms with van der Waals surface area (Å²) in [6.07, 6.45) is 0.323. The molecule has 0 radical (unpaired) electrons. The second-order valence-corrected chi connectivity index (χ2v) is 5.82. The van der Waals surface area contributed by atoms with Gasteiger partial charge in [-0.15, -0.1) is 12.4 Å². The van der Waals surface area contributed by atoms with Crippen LogP contribution in [0.4, 0.5) is 5.69 Å². The van der Waals surface area contributed by atoms with Crippen LogP contribution < -0.4 is 15.4 Å². The summed E-state index contributed by atoms with van der Waals surface area (Å²) in [6.45, 7) is 4.26. The quantitative estimate of drug-likeness (QED) is 0.792. The summed E-state index contributed by atoms with van der Waals surface area (Å²) < 4.78 is 10.9. The number of ether oxygens (including phenoxy) is 2. The molecule has 1 aromatic carbocycles. The lowest BCUT2D eigenvalue weighted by Crippen LogP contribution is -2.43. The number of rotatable bonds is 6. The molecule has 1 saturated heterocycles. The SMILES string of the molecule is CCOc1cc(C(=O)N(C)C)ccc1NC(=O)CC1COCCN1.Cl. The molecule has 1 aliphatic heterocycles. The lowest BCUT2D eigenvalue weighted by atomic mass is 10.1. The van der Waals surface area contributed by atoms with Crippen molar-refractivity contribution in [1.82, 2.24) is 10.2 Å². The van der Waals surface area contributed by atoms with Gasteiger partial charge in [-0.3, -0.25) is 9.59 Å². The minimum absolute atomic E-state index is 0. The second kappa shape index (κ2) is 10.2. The van der Waals surface area contributed by atoms with Crippen LogP contribution in [0.15, 0.2) is 18.2 Å². The summed E-state index contributed by atoms with van der Waals surface area (Å²) in [5.41, 5.74) is 1.08. The summed E-state index contributed by atoms with van der Waals surface area (Å²) in [5.74, 6) is 0.259. The van der Waals surface area contributed by atoms with Gasteiger partial charge < -0.3 is 25.0 Å². The highest BCUT2D eigenvalue weighted by Crippen LogP contribution is 2.27. The molecule has 1 atom stereocenters. The Kier molecular flexibility index (Phi) is 8.68. The lowest BCUT2D eigenvalue weighted by molar-refractivity contribution is -0.117. The van der Waals surface area contributed by atoms with Gasteiger partial charge in [-0.25, -0.2) is 0 Å². The number of morpholine rings is 1. The van der Waals surface area contributed by atoms with Gasteiger partial charge >= 0.3 is 0 Å². The van der Waals surface area contributed by atoms with Gasteiger partial charge in [0.2, 0.25) is 5.91 Å². The monoisotopic (exact) mass is 371 g/mol. The first-order valence-corrected chi connectivity index (χ1v) is 8.10. The molecule has 2 rings (SSSR count). The first-order valence-electron chi connectivity index (χ1n) is 8.10. The molecule has 0 aliphatic carbocycles. The third-order valence-corrected chi connectivity index (χ3v) is 3.64. The highest BCUT2D eigenvalue weighted by atomic mass is 35.5. The largest absolute Gasteiger partial charge is 0.492 e. The van der Waals surface area contributed by atoms with Crippen LogP contribution >= 0.6 is 12.4 Å². The van der Waals surface area contributed by atoms with Crippen molar-refractivity contribution < 1.29 is 19.1 Å². The Bertz CT molecular complexity index is 589. The van der Waals surface area contributed by atoms with Crippen LogP contribution in [-0.4, -0.2) is 63.2 Å². The maximum atomic E-state index is 12.2. The zero-order valence-corrected chi connectivity index (χ0v) is 15.6. The number of hydrogen-bond acceptors (Lipinski definition) is 5. The molecular formula is C17H26ClN3O4. The maximum Gasteiger partial charge on any atom is 0.253 e. The van der Waals surface area contributed by atoms with E-state index in [1.54, 1.807) is 32.3 Å². The zero-order valence-electron chi connectivity index (χ0n) is 14.8. The number of hydrogen-bond donors (Lipinski definition) is 2. The molecule has 25 heavy (non-hydrogen) atoms. The van der Waals surface area contributed by atoms with E-state index in [-0.39, 0.29) is 30.3 Å². The number of carbonyl (C=O) groups excluding carboxylic acids is 2. The van der Waals surface area contributed by atoms with Crippen LogP contribution in [0.1, 0.15) is 23.7 Å². The summed E-state index contributed by atoms with van der Waals surface area (Å²) in [7, 11) is 3.38. The van der Waals surface area contributed by atoms with Crippen molar-refractivity contribution in [3.63, 3.8) is 0 Å². The topological polar surface area (TPSA) is 79.9 Å². The summed E-state index contributed by atoms with van der Waals surface area (Å²) in [5, 5.41) is 6.10. The molecule has 2 N–H and O–H groups in total. The molecule has 1 unspecified atom stereocenters. The van der Waals surface area contributed by atoms with E-state index >= 15 is 0 Å². The summed E-state index contributed by atoms with van der Waals surface area (Å²) in [6, 6.07) is 5.06. The third kappa shape index (κ3) is 6.19. The Morgan fingerprint density at radius 2 is 2.16 bits per heavy atom. The first kappa shape index (κ1) is 21.2. The van der Waals surface area contributed by atoms with Gasteiger partial charge in [-0.1, -0.05) is 0 Å². The van der Waals surface area contributed by atoms with Crippen LogP contribution in [0, 0.1) is 0 Å². The van der Waals surface area contributed by atoms with Gasteiger partial charge in [0.1, 0.15) is 5.75 Å². The van der Waals surface area contributed by atoms with E-state index in [4.69, 9.17) is 9.47 Å². The van der Waals surface area contributed by atoms with E-state index in [1.807, 2.05) is 6.92 Å². The van der Waals surface area contributed by atoms with Gasteiger partial charge in [-0.05, 0) is 25.1 Å². The number of nitrogens with zero attached hydrogens (tertiary/aromatic N) is 1. The molecule has 0 bridgehead atoms. The Balaban J connectivity index is 0.00000312. The van der Waals surface area contributed by atoms with Crippen molar-refractivity contribution in [1.29, 1.82) is 0 Å². The number of amides is 2. The molecule has 1 aromatic rings. The van der Waals surface area contributed by atoms with E-state index in [0.717, 1.165) is 6.54 Å². The number of anilines is 1. The number of nitrogens with one attached hydrogen (secondary N) is 2. The molecule has 2 amide bonds. The van der Waals surface area contributed by atoms with Crippen LogP contribution in [0.3, 0.4) is 0 Å². The predicted molar refractivity (Wildman–Crippen MR) is 98.7 cm³/mol. The van der Waals surface area contributed by atoms with Crippen LogP contribution in [0.5, 0.6) is 5.75 Å². The number of benzene rings is 1. The van der Waals surface area contributed by atoms with Crippen LogP contribution in [0.2, 0.25) is 0 Å². The molecule has 1 aliphatic rings. The van der Waals surface area contributed by atoms with Gasteiger partial charge in [0.25, 0.3) is 5.91 Å². The molecule has 7 nitrogen and oxygen atoms in total. The Morgan fingerprint density at radius 1 is 1.40 bits per heavy atom. The van der Waals surface area contributed by atoms with E-state index in [0.29, 0.717) is 43.2 Å². The van der Waals surface area contributed by atoms with Crippen LogP contribution in [-0.2, 0) is 9.53 Å². The number of carbonyl (C=O) groups is 2. The Morgan fingerprint density at radius 3 is 2.76 bits per heavy atom. The first-order chi connectivity index (χ1) is 11.5. The zero-order chi connectivity index (χ0) is 17.5. The van der Waals surface area contributed by atoms with Gasteiger partial charge in [0.05, 0.1) is 25.5 Å². The molecule has 140 valence electrons. The second-order valence-electron chi connectivity index (χ2n) is 5.82. The molecule has 1 fully saturated rings. The maximum absolute atomic E-state index is 12.2. The van der Waals surface area contributed by atoms with Gasteiger partial charge in [0, 0.05) is 38.7 Å². The van der Waals surface area contributed by atoms with E-state index in [1.165, 1.54) is 4.90 Å². The lowest BCUT2D eigenvalue weighted by Gasteiger charge is -2.23. The third-order valence-electron chi connectivity index (χ3n) is 3.64. The van der Waals surface area contributed by atoms with Crippen molar-refractivity contribution in [2.24, 2.45) is 0 Å². The fourth-order valence-electron chi connectivity index (χ4n) is 2.47. The molecule has 8 heteroatoms. The standard InChI is InChI=1S/C17H25N3O4.ClH/c1-4-24-15-9-12(17(22)20(2)3)5-6-14(15)19-16(21)10-13-11-23-8-7-18-13;/h5-6,9,13,18H,4,7-8,10-11H2,1-3H3,(H,19,21);1H. The van der Waals surface area contributed by atoms with Crippen molar-refractivity contribution in [3.05, 3.63) is 23.8 Å². The van der Waals surface area contributed by atoms with Gasteiger partial charge in [0.15, 0.2) is 0 Å².